The summed E-state index contributed by atoms with van der Waals surface area (Å²) in [5.41, 5.74) is 0.848. The maximum absolute atomic E-state index is 12.1. The predicted molar refractivity (Wildman–Crippen MR) is 81.1 cm³/mol. The number of carbonyl (C=O) groups is 1. The summed E-state index contributed by atoms with van der Waals surface area (Å²) in [5, 5.41) is 3.06. The summed E-state index contributed by atoms with van der Waals surface area (Å²) < 4.78 is 2.50. The van der Waals surface area contributed by atoms with Crippen molar-refractivity contribution < 1.29 is 4.79 Å². The zero-order valence-electron chi connectivity index (χ0n) is 11.3. The van der Waals surface area contributed by atoms with Crippen molar-refractivity contribution in [3.8, 4) is 0 Å². The van der Waals surface area contributed by atoms with Gasteiger partial charge in [-0.1, -0.05) is 42.7 Å². The van der Waals surface area contributed by atoms with Crippen LogP contribution in [0.5, 0.6) is 0 Å². The molecular formula is C15H18N2O2S. The smallest absolute Gasteiger partial charge is 0.308 e. The lowest BCUT2D eigenvalue weighted by Gasteiger charge is -2.22. The van der Waals surface area contributed by atoms with E-state index in [1.165, 1.54) is 30.6 Å². The van der Waals surface area contributed by atoms with Gasteiger partial charge in [-0.15, -0.1) is 0 Å². The Kier molecular flexibility index (Phi) is 3.87. The summed E-state index contributed by atoms with van der Waals surface area (Å²) in [6, 6.07) is 7.89. The second-order valence-electron chi connectivity index (χ2n) is 5.32. The quantitative estimate of drug-likeness (QED) is 0.944. The number of benzene rings is 1. The van der Waals surface area contributed by atoms with Crippen molar-refractivity contribution in [1.82, 2.24) is 9.88 Å². The number of carbonyl (C=O) groups excluding carboxylic acids is 1. The summed E-state index contributed by atoms with van der Waals surface area (Å²) >= 11 is 1.19. The van der Waals surface area contributed by atoms with Crippen LogP contribution in [-0.4, -0.2) is 16.5 Å². The Labute approximate surface area is 121 Å². The van der Waals surface area contributed by atoms with Crippen LogP contribution < -0.4 is 10.2 Å². The summed E-state index contributed by atoms with van der Waals surface area (Å²) in [5.74, 6) is -0.0532. The lowest BCUT2D eigenvalue weighted by molar-refractivity contribution is -0.122. The van der Waals surface area contributed by atoms with Crippen LogP contribution in [0.25, 0.3) is 10.2 Å². The monoisotopic (exact) mass is 290 g/mol. The molecule has 0 atom stereocenters. The first-order valence-electron chi connectivity index (χ1n) is 7.12. The number of amides is 1. The van der Waals surface area contributed by atoms with Gasteiger partial charge < -0.3 is 5.32 Å². The minimum absolute atomic E-state index is 0.0532. The molecule has 1 saturated carbocycles. The standard InChI is InChI=1S/C15H18N2O2S/c18-14(16-11-6-2-1-3-7-11)10-17-12-8-4-5-9-13(12)20-15(17)19/h4-5,8-9,11H,1-3,6-7,10H2,(H,16,18). The highest BCUT2D eigenvalue weighted by Gasteiger charge is 2.17. The Morgan fingerprint density at radius 1 is 1.25 bits per heavy atom. The summed E-state index contributed by atoms with van der Waals surface area (Å²) in [6.07, 6.45) is 5.76. The fourth-order valence-corrected chi connectivity index (χ4v) is 3.72. The maximum Gasteiger partial charge on any atom is 0.308 e. The molecule has 4 nitrogen and oxygen atoms in total. The van der Waals surface area contributed by atoms with Gasteiger partial charge >= 0.3 is 4.87 Å². The highest BCUT2D eigenvalue weighted by atomic mass is 32.1. The van der Waals surface area contributed by atoms with Crippen LogP contribution in [0.3, 0.4) is 0 Å². The molecule has 1 aromatic heterocycles. The van der Waals surface area contributed by atoms with Gasteiger partial charge in [0, 0.05) is 6.04 Å². The minimum atomic E-state index is -0.0648. The number of aromatic nitrogens is 1. The molecule has 1 heterocycles. The van der Waals surface area contributed by atoms with E-state index < -0.39 is 0 Å². The number of hydrogen-bond donors (Lipinski definition) is 1. The van der Waals surface area contributed by atoms with Crippen LogP contribution in [0.4, 0.5) is 0 Å². The van der Waals surface area contributed by atoms with E-state index in [4.69, 9.17) is 0 Å². The molecule has 0 spiro atoms. The van der Waals surface area contributed by atoms with Crippen LogP contribution in [0, 0.1) is 0 Å². The van der Waals surface area contributed by atoms with E-state index in [2.05, 4.69) is 5.32 Å². The fourth-order valence-electron chi connectivity index (χ4n) is 2.83. The molecule has 106 valence electrons. The van der Waals surface area contributed by atoms with Gasteiger partial charge in [-0.05, 0) is 25.0 Å². The van der Waals surface area contributed by atoms with Crippen molar-refractivity contribution in [2.75, 3.05) is 0 Å². The topological polar surface area (TPSA) is 51.1 Å². The highest BCUT2D eigenvalue weighted by Crippen LogP contribution is 2.18. The van der Waals surface area contributed by atoms with Gasteiger partial charge in [-0.25, -0.2) is 0 Å². The van der Waals surface area contributed by atoms with Crippen LogP contribution in [-0.2, 0) is 11.3 Å². The molecule has 1 N–H and O–H groups in total. The van der Waals surface area contributed by atoms with Crippen molar-refractivity contribution in [3.05, 3.63) is 33.9 Å². The van der Waals surface area contributed by atoms with Crippen molar-refractivity contribution in [2.24, 2.45) is 0 Å². The van der Waals surface area contributed by atoms with E-state index in [9.17, 15) is 9.59 Å². The molecule has 3 rings (SSSR count). The molecule has 0 saturated heterocycles. The molecular weight excluding hydrogens is 272 g/mol. The van der Waals surface area contributed by atoms with E-state index in [-0.39, 0.29) is 23.4 Å². The minimum Gasteiger partial charge on any atom is -0.352 e. The van der Waals surface area contributed by atoms with E-state index in [1.54, 1.807) is 4.57 Å². The molecule has 1 fully saturated rings. The second-order valence-corrected chi connectivity index (χ2v) is 6.32. The zero-order chi connectivity index (χ0) is 13.9. The first kappa shape index (κ1) is 13.4. The summed E-state index contributed by atoms with van der Waals surface area (Å²) in [4.78, 5) is 24.0. The number of hydrogen-bond acceptors (Lipinski definition) is 3. The van der Waals surface area contributed by atoms with Gasteiger partial charge in [0.05, 0.1) is 10.2 Å². The van der Waals surface area contributed by atoms with Crippen LogP contribution in [0.2, 0.25) is 0 Å². The zero-order valence-corrected chi connectivity index (χ0v) is 12.1. The second kappa shape index (κ2) is 5.79. The molecule has 20 heavy (non-hydrogen) atoms. The third-order valence-electron chi connectivity index (χ3n) is 3.85. The number of nitrogens with one attached hydrogen (secondary N) is 1. The lowest BCUT2D eigenvalue weighted by atomic mass is 9.95. The van der Waals surface area contributed by atoms with Gasteiger partial charge in [0.2, 0.25) is 5.91 Å². The number of rotatable bonds is 3. The lowest BCUT2D eigenvalue weighted by Crippen LogP contribution is -2.39. The van der Waals surface area contributed by atoms with Crippen molar-refractivity contribution in [2.45, 2.75) is 44.7 Å². The van der Waals surface area contributed by atoms with Crippen LogP contribution in [0.1, 0.15) is 32.1 Å². The SMILES string of the molecule is O=C(Cn1c(=O)sc2ccccc21)NC1CCCCC1. The molecule has 0 unspecified atom stereocenters. The number of thiazole rings is 1. The molecule has 0 bridgehead atoms. The van der Waals surface area contributed by atoms with Crippen molar-refractivity contribution in [3.63, 3.8) is 0 Å². The molecule has 1 aromatic carbocycles. The van der Waals surface area contributed by atoms with E-state index in [0.29, 0.717) is 0 Å². The molecule has 2 aromatic rings. The van der Waals surface area contributed by atoms with Gasteiger partial charge in [-0.3, -0.25) is 14.2 Å². The third-order valence-corrected chi connectivity index (χ3v) is 4.81. The Bertz CT molecular complexity index is 668. The van der Waals surface area contributed by atoms with Gasteiger partial charge in [0.15, 0.2) is 0 Å². The average molecular weight is 290 g/mol. The van der Waals surface area contributed by atoms with E-state index >= 15 is 0 Å². The Morgan fingerprint density at radius 2 is 2.00 bits per heavy atom. The highest BCUT2D eigenvalue weighted by molar-refractivity contribution is 7.16. The Balaban J connectivity index is 1.74. The first-order valence-corrected chi connectivity index (χ1v) is 7.93. The van der Waals surface area contributed by atoms with Gasteiger partial charge in [0.25, 0.3) is 0 Å². The van der Waals surface area contributed by atoms with E-state index in [1.807, 2.05) is 24.3 Å². The summed E-state index contributed by atoms with van der Waals surface area (Å²) in [7, 11) is 0. The first-order chi connectivity index (χ1) is 9.74. The number of nitrogens with zero attached hydrogens (tertiary/aromatic N) is 1. The number of fused-ring (bicyclic) bond motifs is 1. The Morgan fingerprint density at radius 3 is 2.80 bits per heavy atom. The average Bonchev–Trinajstić information content (AvgIpc) is 2.76. The summed E-state index contributed by atoms with van der Waals surface area (Å²) in [6.45, 7) is 0.124. The van der Waals surface area contributed by atoms with Crippen molar-refractivity contribution >= 4 is 27.5 Å². The molecule has 1 aliphatic rings. The van der Waals surface area contributed by atoms with Crippen LogP contribution >= 0.6 is 11.3 Å². The predicted octanol–water partition coefficient (Wildman–Crippen LogP) is 2.51. The third kappa shape index (κ3) is 2.77. The molecule has 0 aliphatic heterocycles. The molecule has 0 radical (unpaired) electrons. The van der Waals surface area contributed by atoms with Gasteiger partial charge in [0.1, 0.15) is 6.54 Å². The molecule has 1 amide bonds. The maximum atomic E-state index is 12.1. The van der Waals surface area contributed by atoms with Crippen molar-refractivity contribution in [1.29, 1.82) is 0 Å². The van der Waals surface area contributed by atoms with E-state index in [0.717, 1.165) is 23.1 Å². The van der Waals surface area contributed by atoms with Crippen LogP contribution in [0.15, 0.2) is 29.1 Å². The molecule has 5 heteroatoms. The fraction of sp³-hybridized carbons (Fsp3) is 0.467. The van der Waals surface area contributed by atoms with Gasteiger partial charge in [-0.2, -0.15) is 0 Å². The molecule has 1 aliphatic carbocycles. The Hall–Kier alpha value is -1.62. The largest absolute Gasteiger partial charge is 0.352 e. The normalized spacial score (nSPS) is 16.4. The number of para-hydroxylation sites is 1.